The molecule has 5 heteroatoms. The first-order valence-corrected chi connectivity index (χ1v) is 6.67. The third-order valence-corrected chi connectivity index (χ3v) is 3.68. The van der Waals surface area contributed by atoms with Crippen molar-refractivity contribution in [1.29, 1.82) is 0 Å². The van der Waals surface area contributed by atoms with E-state index in [1.807, 2.05) is 0 Å². The Morgan fingerprint density at radius 3 is 2.50 bits per heavy atom. The smallest absolute Gasteiger partial charge is 0.193 e. The van der Waals surface area contributed by atoms with Gasteiger partial charge in [0.05, 0.1) is 11.6 Å². The van der Waals surface area contributed by atoms with Crippen molar-refractivity contribution in [3.05, 3.63) is 57.3 Å². The average Bonchev–Trinajstić information content (AvgIpc) is 2.43. The monoisotopic (exact) mass is 337 g/mol. The van der Waals surface area contributed by atoms with E-state index >= 15 is 0 Å². The van der Waals surface area contributed by atoms with Crippen LogP contribution in [0.25, 0.3) is 0 Å². The first kappa shape index (κ1) is 14.5. The highest BCUT2D eigenvalue weighted by molar-refractivity contribution is 9.10. The Balaban J connectivity index is 2.44. The third-order valence-electron chi connectivity index (χ3n) is 3.06. The fraction of sp³-hybridized carbons (Fsp3) is 0.133. The third kappa shape index (κ3) is 2.67. The predicted octanol–water partition coefficient (Wildman–Crippen LogP) is 3.72. The lowest BCUT2D eigenvalue weighted by Gasteiger charge is -2.08. The molecule has 0 spiro atoms. The van der Waals surface area contributed by atoms with Gasteiger partial charge in [0, 0.05) is 22.4 Å². The summed E-state index contributed by atoms with van der Waals surface area (Å²) in [5.74, 6) is -0.156. The molecule has 0 fully saturated rings. The Kier molecular flexibility index (Phi) is 4.09. The maximum absolute atomic E-state index is 13.7. The number of nitrogens with two attached hydrogens (primary N) is 1. The molecule has 3 nitrogen and oxygen atoms in total. The Bertz CT molecular complexity index is 663. The summed E-state index contributed by atoms with van der Waals surface area (Å²) >= 11 is 3.31. The largest absolute Gasteiger partial charge is 0.496 e. The van der Waals surface area contributed by atoms with Crippen LogP contribution in [0.5, 0.6) is 5.75 Å². The summed E-state index contributed by atoms with van der Waals surface area (Å²) in [7, 11) is 1.54. The van der Waals surface area contributed by atoms with E-state index in [1.54, 1.807) is 25.1 Å². The lowest BCUT2D eigenvalue weighted by molar-refractivity contribution is 0.103. The first-order valence-electron chi connectivity index (χ1n) is 5.88. The van der Waals surface area contributed by atoms with Crippen LogP contribution in [0.3, 0.4) is 0 Å². The first-order chi connectivity index (χ1) is 9.43. The van der Waals surface area contributed by atoms with E-state index < -0.39 is 5.82 Å². The summed E-state index contributed by atoms with van der Waals surface area (Å²) in [6.07, 6.45) is 0. The molecule has 20 heavy (non-hydrogen) atoms. The van der Waals surface area contributed by atoms with Gasteiger partial charge in [0.2, 0.25) is 0 Å². The lowest BCUT2D eigenvalue weighted by atomic mass is 10.0. The molecular weight excluding hydrogens is 325 g/mol. The van der Waals surface area contributed by atoms with Crippen molar-refractivity contribution in [2.45, 2.75) is 6.92 Å². The second-order valence-electron chi connectivity index (χ2n) is 4.35. The van der Waals surface area contributed by atoms with Crippen molar-refractivity contribution in [1.82, 2.24) is 0 Å². The fourth-order valence-corrected chi connectivity index (χ4v) is 2.35. The molecule has 0 amide bonds. The summed E-state index contributed by atoms with van der Waals surface area (Å²) in [6, 6.07) is 7.62. The van der Waals surface area contributed by atoms with Gasteiger partial charge in [-0.3, -0.25) is 4.79 Å². The normalized spacial score (nSPS) is 10.4. The molecule has 0 saturated heterocycles. The average molecular weight is 338 g/mol. The van der Waals surface area contributed by atoms with Gasteiger partial charge >= 0.3 is 0 Å². The van der Waals surface area contributed by atoms with Gasteiger partial charge in [-0.2, -0.15) is 0 Å². The summed E-state index contributed by atoms with van der Waals surface area (Å²) in [5, 5.41) is 0. The van der Waals surface area contributed by atoms with Crippen molar-refractivity contribution >= 4 is 27.4 Å². The van der Waals surface area contributed by atoms with Crippen molar-refractivity contribution in [2.75, 3.05) is 12.8 Å². The number of benzene rings is 2. The van der Waals surface area contributed by atoms with Crippen molar-refractivity contribution in [3.8, 4) is 5.75 Å². The second-order valence-corrected chi connectivity index (χ2v) is 5.21. The van der Waals surface area contributed by atoms with Gasteiger partial charge in [0.25, 0.3) is 0 Å². The quantitative estimate of drug-likeness (QED) is 0.686. The SMILES string of the molecule is COc1ccc(C(=O)c2cc(N)c(C)c(F)c2)cc1Br. The maximum atomic E-state index is 13.7. The van der Waals surface area contributed by atoms with Crippen molar-refractivity contribution in [2.24, 2.45) is 0 Å². The molecule has 0 aromatic heterocycles. The minimum atomic E-state index is -0.485. The molecule has 2 N–H and O–H groups in total. The van der Waals surface area contributed by atoms with Gasteiger partial charge in [-0.1, -0.05) is 0 Å². The standard InChI is InChI=1S/C15H13BrFNO2/c1-8-12(17)6-10(7-13(8)18)15(19)9-3-4-14(20-2)11(16)5-9/h3-7H,18H2,1-2H3. The molecule has 104 valence electrons. The zero-order valence-electron chi connectivity index (χ0n) is 11.0. The topological polar surface area (TPSA) is 52.3 Å². The van der Waals surface area contributed by atoms with Gasteiger partial charge in [0.1, 0.15) is 11.6 Å². The Morgan fingerprint density at radius 1 is 1.25 bits per heavy atom. The van der Waals surface area contributed by atoms with Gasteiger partial charge in [-0.05, 0) is 53.2 Å². The van der Waals surface area contributed by atoms with E-state index in [0.29, 0.717) is 21.3 Å². The van der Waals surface area contributed by atoms with Crippen LogP contribution in [0.2, 0.25) is 0 Å². The van der Waals surface area contributed by atoms with Crippen LogP contribution in [-0.2, 0) is 0 Å². The maximum Gasteiger partial charge on any atom is 0.193 e. The number of hydrogen-bond donors (Lipinski definition) is 1. The van der Waals surface area contributed by atoms with E-state index in [1.165, 1.54) is 19.2 Å². The highest BCUT2D eigenvalue weighted by Crippen LogP contribution is 2.27. The van der Waals surface area contributed by atoms with Crippen LogP contribution in [0, 0.1) is 12.7 Å². The van der Waals surface area contributed by atoms with Gasteiger partial charge in [-0.15, -0.1) is 0 Å². The van der Waals surface area contributed by atoms with Crippen LogP contribution in [0.4, 0.5) is 10.1 Å². The number of carbonyl (C=O) groups is 1. The molecule has 0 aliphatic carbocycles. The number of carbonyl (C=O) groups excluding carboxylic acids is 1. The molecule has 0 saturated carbocycles. The van der Waals surface area contributed by atoms with Gasteiger partial charge in [-0.25, -0.2) is 4.39 Å². The van der Waals surface area contributed by atoms with E-state index in [9.17, 15) is 9.18 Å². The molecule has 0 bridgehead atoms. The van der Waals surface area contributed by atoms with Crippen LogP contribution >= 0.6 is 15.9 Å². The summed E-state index contributed by atoms with van der Waals surface area (Å²) in [4.78, 5) is 12.3. The van der Waals surface area contributed by atoms with Gasteiger partial charge in [0.15, 0.2) is 5.78 Å². The zero-order chi connectivity index (χ0) is 14.9. The number of rotatable bonds is 3. The van der Waals surface area contributed by atoms with Crippen LogP contribution in [0.1, 0.15) is 21.5 Å². The molecule has 2 aromatic rings. The molecular formula is C15H13BrFNO2. The molecule has 0 unspecified atom stereocenters. The van der Waals surface area contributed by atoms with E-state index in [-0.39, 0.29) is 17.0 Å². The highest BCUT2D eigenvalue weighted by Gasteiger charge is 2.14. The zero-order valence-corrected chi connectivity index (χ0v) is 12.6. The lowest BCUT2D eigenvalue weighted by Crippen LogP contribution is -2.05. The van der Waals surface area contributed by atoms with E-state index in [0.717, 1.165) is 0 Å². The Labute approximate surface area is 124 Å². The molecule has 2 aromatic carbocycles. The second kappa shape index (κ2) is 5.63. The van der Waals surface area contributed by atoms with Gasteiger partial charge < -0.3 is 10.5 Å². The number of nitrogen functional groups attached to an aromatic ring is 1. The van der Waals surface area contributed by atoms with Crippen LogP contribution in [0.15, 0.2) is 34.8 Å². The minimum absolute atomic E-state index is 0.225. The molecule has 2 rings (SSSR count). The number of methoxy groups -OCH3 is 1. The van der Waals surface area contributed by atoms with Crippen LogP contribution < -0.4 is 10.5 Å². The Hall–Kier alpha value is -1.88. The number of anilines is 1. The highest BCUT2D eigenvalue weighted by atomic mass is 79.9. The number of ketones is 1. The Morgan fingerprint density at radius 2 is 1.95 bits per heavy atom. The number of hydrogen-bond acceptors (Lipinski definition) is 3. The molecule has 0 atom stereocenters. The number of halogens is 2. The van der Waals surface area contributed by atoms with Crippen molar-refractivity contribution < 1.29 is 13.9 Å². The summed E-state index contributed by atoms with van der Waals surface area (Å²) in [6.45, 7) is 1.57. The molecule has 0 aliphatic rings. The van der Waals surface area contributed by atoms with E-state index in [2.05, 4.69) is 15.9 Å². The molecule has 0 radical (unpaired) electrons. The fourth-order valence-electron chi connectivity index (χ4n) is 1.81. The van der Waals surface area contributed by atoms with Crippen molar-refractivity contribution in [3.63, 3.8) is 0 Å². The molecule has 0 heterocycles. The summed E-state index contributed by atoms with van der Waals surface area (Å²) in [5.41, 5.74) is 6.96. The minimum Gasteiger partial charge on any atom is -0.496 e. The van der Waals surface area contributed by atoms with Crippen LogP contribution in [-0.4, -0.2) is 12.9 Å². The summed E-state index contributed by atoms with van der Waals surface area (Å²) < 4.78 is 19.4. The number of ether oxygens (including phenoxy) is 1. The van der Waals surface area contributed by atoms with E-state index in [4.69, 9.17) is 10.5 Å². The molecule has 0 aliphatic heterocycles. The predicted molar refractivity (Wildman–Crippen MR) is 79.7 cm³/mol.